The van der Waals surface area contributed by atoms with Gasteiger partial charge in [0.1, 0.15) is 30.2 Å². The first-order valence-electron chi connectivity index (χ1n) is 9.94. The standard InChI is InChI=1S/C23H26O8/c24-14-18-20(26)21(27)22(28)23(31-18)29-13-12-16-6-9-17(10-7-16)30-19(25)11-8-15-4-2-1-3-5-15/h1-11,18,20-24,26-28H,12-14H2/b11-8+/t18-,20-,21+,22-,23-/m1/s1. The predicted molar refractivity (Wildman–Crippen MR) is 111 cm³/mol. The number of carbonyl (C=O) groups excluding carboxylic acids is 1. The minimum Gasteiger partial charge on any atom is -0.423 e. The van der Waals surface area contributed by atoms with Crippen molar-refractivity contribution >= 4 is 12.0 Å². The molecule has 4 N–H and O–H groups in total. The lowest BCUT2D eigenvalue weighted by molar-refractivity contribution is -0.300. The summed E-state index contributed by atoms with van der Waals surface area (Å²) in [6.45, 7) is -0.340. The van der Waals surface area contributed by atoms with Crippen LogP contribution in [0.4, 0.5) is 0 Å². The second kappa shape index (κ2) is 11.1. The molecule has 0 aromatic heterocycles. The first-order chi connectivity index (χ1) is 15.0. The van der Waals surface area contributed by atoms with E-state index in [1.165, 1.54) is 6.08 Å². The van der Waals surface area contributed by atoms with Gasteiger partial charge in [-0.1, -0.05) is 42.5 Å². The summed E-state index contributed by atoms with van der Waals surface area (Å²) in [7, 11) is 0. The van der Waals surface area contributed by atoms with Crippen LogP contribution in [-0.4, -0.2) is 70.3 Å². The third kappa shape index (κ3) is 6.44. The second-order valence-corrected chi connectivity index (χ2v) is 7.13. The zero-order valence-electron chi connectivity index (χ0n) is 16.8. The van der Waals surface area contributed by atoms with E-state index in [0.29, 0.717) is 12.2 Å². The van der Waals surface area contributed by atoms with Gasteiger partial charge < -0.3 is 34.6 Å². The summed E-state index contributed by atoms with van der Waals surface area (Å²) in [4.78, 5) is 11.9. The lowest BCUT2D eigenvalue weighted by atomic mass is 9.99. The van der Waals surface area contributed by atoms with Crippen molar-refractivity contribution in [2.45, 2.75) is 37.1 Å². The molecular formula is C23H26O8. The summed E-state index contributed by atoms with van der Waals surface area (Å²) in [5, 5.41) is 38.7. The van der Waals surface area contributed by atoms with Gasteiger partial charge in [-0.3, -0.25) is 0 Å². The summed E-state index contributed by atoms with van der Waals surface area (Å²) in [5.41, 5.74) is 1.79. The smallest absolute Gasteiger partial charge is 0.336 e. The maximum absolute atomic E-state index is 11.9. The maximum Gasteiger partial charge on any atom is 0.336 e. The number of esters is 1. The molecule has 1 aliphatic rings. The molecule has 0 amide bonds. The molecule has 166 valence electrons. The van der Waals surface area contributed by atoms with Crippen molar-refractivity contribution in [3.8, 4) is 5.75 Å². The Bertz CT molecular complexity index is 850. The number of rotatable bonds is 8. The van der Waals surface area contributed by atoms with Gasteiger partial charge in [0.15, 0.2) is 6.29 Å². The number of hydrogen-bond acceptors (Lipinski definition) is 8. The molecule has 8 heteroatoms. The van der Waals surface area contributed by atoms with Crippen LogP contribution in [0.3, 0.4) is 0 Å². The van der Waals surface area contributed by atoms with E-state index in [1.807, 2.05) is 30.3 Å². The van der Waals surface area contributed by atoms with Crippen LogP contribution in [0.2, 0.25) is 0 Å². The minimum atomic E-state index is -1.47. The largest absolute Gasteiger partial charge is 0.423 e. The van der Waals surface area contributed by atoms with Crippen molar-refractivity contribution in [3.63, 3.8) is 0 Å². The van der Waals surface area contributed by atoms with Crippen LogP contribution in [0.5, 0.6) is 5.75 Å². The van der Waals surface area contributed by atoms with Crippen LogP contribution in [0.25, 0.3) is 6.08 Å². The van der Waals surface area contributed by atoms with Gasteiger partial charge in [-0.2, -0.15) is 0 Å². The number of ether oxygens (including phenoxy) is 3. The van der Waals surface area contributed by atoms with Gasteiger partial charge in [-0.25, -0.2) is 4.79 Å². The molecule has 1 aliphatic heterocycles. The zero-order chi connectivity index (χ0) is 22.2. The first kappa shape index (κ1) is 23.1. The number of benzene rings is 2. The average Bonchev–Trinajstić information content (AvgIpc) is 2.79. The van der Waals surface area contributed by atoms with Crippen LogP contribution in [0.15, 0.2) is 60.7 Å². The number of aliphatic hydroxyl groups excluding tert-OH is 4. The van der Waals surface area contributed by atoms with Gasteiger partial charge in [0.05, 0.1) is 13.2 Å². The lowest BCUT2D eigenvalue weighted by Crippen LogP contribution is -2.59. The minimum absolute atomic E-state index is 0.168. The molecule has 2 aromatic rings. The first-order valence-corrected chi connectivity index (χ1v) is 9.94. The molecule has 0 saturated carbocycles. The summed E-state index contributed by atoms with van der Waals surface area (Å²) in [6.07, 6.45) is -2.98. The highest BCUT2D eigenvalue weighted by molar-refractivity contribution is 5.88. The van der Waals surface area contributed by atoms with Crippen molar-refractivity contribution in [2.75, 3.05) is 13.2 Å². The van der Waals surface area contributed by atoms with Gasteiger partial charge >= 0.3 is 5.97 Å². The van der Waals surface area contributed by atoms with E-state index in [0.717, 1.165) is 11.1 Å². The topological polar surface area (TPSA) is 126 Å². The molecule has 1 saturated heterocycles. The highest BCUT2D eigenvalue weighted by Gasteiger charge is 2.43. The van der Waals surface area contributed by atoms with Crippen LogP contribution >= 0.6 is 0 Å². The fourth-order valence-electron chi connectivity index (χ4n) is 3.10. The van der Waals surface area contributed by atoms with E-state index < -0.39 is 43.3 Å². The Hall–Kier alpha value is -2.59. The Labute approximate surface area is 179 Å². The zero-order valence-corrected chi connectivity index (χ0v) is 16.8. The van der Waals surface area contributed by atoms with Crippen LogP contribution in [0.1, 0.15) is 11.1 Å². The van der Waals surface area contributed by atoms with Gasteiger partial charge in [-0.05, 0) is 35.8 Å². The van der Waals surface area contributed by atoms with Crippen molar-refractivity contribution in [1.29, 1.82) is 0 Å². The Balaban J connectivity index is 1.45. The van der Waals surface area contributed by atoms with Crippen molar-refractivity contribution < 1.29 is 39.4 Å². The fourth-order valence-corrected chi connectivity index (χ4v) is 3.10. The molecule has 1 fully saturated rings. The van der Waals surface area contributed by atoms with Gasteiger partial charge in [0, 0.05) is 6.08 Å². The lowest BCUT2D eigenvalue weighted by Gasteiger charge is -2.39. The Morgan fingerprint density at radius 1 is 0.968 bits per heavy atom. The Kier molecular flexibility index (Phi) is 8.30. The number of carbonyl (C=O) groups is 1. The van der Waals surface area contributed by atoms with Gasteiger partial charge in [0.2, 0.25) is 0 Å². The molecule has 2 aromatic carbocycles. The molecular weight excluding hydrogens is 404 g/mol. The van der Waals surface area contributed by atoms with Gasteiger partial charge in [0.25, 0.3) is 0 Å². The Morgan fingerprint density at radius 3 is 2.35 bits per heavy atom. The van der Waals surface area contributed by atoms with Crippen molar-refractivity contribution in [2.24, 2.45) is 0 Å². The van der Waals surface area contributed by atoms with Crippen molar-refractivity contribution in [3.05, 3.63) is 71.8 Å². The van der Waals surface area contributed by atoms with Crippen molar-refractivity contribution in [1.82, 2.24) is 0 Å². The fraction of sp³-hybridized carbons (Fsp3) is 0.348. The molecule has 3 rings (SSSR count). The Morgan fingerprint density at radius 2 is 1.68 bits per heavy atom. The molecule has 0 aliphatic carbocycles. The van der Waals surface area contributed by atoms with Crippen LogP contribution in [0, 0.1) is 0 Å². The summed E-state index contributed by atoms with van der Waals surface area (Å²) in [6, 6.07) is 16.3. The molecule has 1 heterocycles. The highest BCUT2D eigenvalue weighted by atomic mass is 16.7. The average molecular weight is 430 g/mol. The van der Waals surface area contributed by atoms with Crippen LogP contribution < -0.4 is 4.74 Å². The predicted octanol–water partition coefficient (Wildman–Crippen LogP) is 0.664. The molecule has 31 heavy (non-hydrogen) atoms. The SMILES string of the molecule is O=C(/C=C/c1ccccc1)Oc1ccc(CCO[C@@H]2O[C@H](CO)[C@@H](O)[C@H](O)[C@H]2O)cc1. The third-order valence-electron chi connectivity index (χ3n) is 4.87. The van der Waals surface area contributed by atoms with Gasteiger partial charge in [-0.15, -0.1) is 0 Å². The second-order valence-electron chi connectivity index (χ2n) is 7.13. The number of aliphatic hydroxyl groups is 4. The summed E-state index contributed by atoms with van der Waals surface area (Å²) >= 11 is 0. The molecule has 0 radical (unpaired) electrons. The van der Waals surface area contributed by atoms with E-state index in [1.54, 1.807) is 30.3 Å². The molecule has 0 spiro atoms. The highest BCUT2D eigenvalue weighted by Crippen LogP contribution is 2.22. The van der Waals surface area contributed by atoms with Crippen LogP contribution in [-0.2, 0) is 20.7 Å². The third-order valence-corrected chi connectivity index (χ3v) is 4.87. The van der Waals surface area contributed by atoms with E-state index in [4.69, 9.17) is 14.2 Å². The van der Waals surface area contributed by atoms with E-state index >= 15 is 0 Å². The summed E-state index contributed by atoms with van der Waals surface area (Å²) in [5.74, 6) is -0.0798. The maximum atomic E-state index is 11.9. The quantitative estimate of drug-likeness (QED) is 0.274. The van der Waals surface area contributed by atoms with E-state index in [2.05, 4.69) is 0 Å². The monoisotopic (exact) mass is 430 g/mol. The van der Waals surface area contributed by atoms with E-state index in [9.17, 15) is 25.2 Å². The molecule has 8 nitrogen and oxygen atoms in total. The normalized spacial score (nSPS) is 26.1. The number of hydrogen-bond donors (Lipinski definition) is 4. The summed E-state index contributed by atoms with van der Waals surface area (Å²) < 4.78 is 16.0. The molecule has 0 bridgehead atoms. The molecule has 5 atom stereocenters. The molecule has 0 unspecified atom stereocenters. The van der Waals surface area contributed by atoms with E-state index in [-0.39, 0.29) is 6.61 Å².